The first-order valence-electron chi connectivity index (χ1n) is 28.8. The lowest BCUT2D eigenvalue weighted by atomic mass is 9.85. The molecule has 0 atom stereocenters. The van der Waals surface area contributed by atoms with E-state index in [2.05, 4.69) is 304 Å². The Kier molecular flexibility index (Phi) is 11.4. The van der Waals surface area contributed by atoms with E-state index in [1.807, 2.05) is 0 Å². The minimum absolute atomic E-state index is 0.153. The molecule has 14 aromatic rings. The first-order valence-corrected chi connectivity index (χ1v) is 28.8. The molecule has 0 bridgehead atoms. The van der Waals surface area contributed by atoms with Crippen LogP contribution in [0.15, 0.2) is 225 Å². The van der Waals surface area contributed by atoms with Gasteiger partial charge in [-0.05, 0) is 121 Å². The molecule has 0 amide bonds. The number of aromatic nitrogens is 5. The number of anilines is 3. The van der Waals surface area contributed by atoms with Gasteiger partial charge in [-0.2, -0.15) is 0 Å². The molecule has 1 aliphatic rings. The summed E-state index contributed by atoms with van der Waals surface area (Å²) in [7, 11) is 2.16. The highest BCUT2D eigenvalue weighted by Gasteiger charge is 2.28. The van der Waals surface area contributed by atoms with E-state index in [0.717, 1.165) is 123 Å². The van der Waals surface area contributed by atoms with E-state index in [1.165, 1.54) is 27.2 Å². The predicted octanol–water partition coefficient (Wildman–Crippen LogP) is 19.3. The van der Waals surface area contributed by atoms with Crippen molar-refractivity contribution in [1.82, 2.24) is 23.7 Å². The molecular weight excluding hydrogens is 1010 g/mol. The molecule has 404 valence electrons. The Morgan fingerprint density at radius 3 is 1.39 bits per heavy atom. The predicted molar refractivity (Wildman–Crippen MR) is 346 cm³/mol. The summed E-state index contributed by atoms with van der Waals surface area (Å²) in [6.07, 6.45) is 2.10. The molecule has 0 saturated carbocycles. The molecule has 0 aliphatic carbocycles. The zero-order valence-electron chi connectivity index (χ0n) is 48.1. The molecular formula is C75H63N7O. The van der Waals surface area contributed by atoms with Crippen LogP contribution < -0.4 is 14.5 Å². The zero-order chi connectivity index (χ0) is 56.5. The van der Waals surface area contributed by atoms with Crippen LogP contribution in [0.2, 0.25) is 0 Å². The number of hydrogen-bond acceptors (Lipinski definition) is 5. The molecule has 5 aromatic heterocycles. The lowest BCUT2D eigenvalue weighted by Crippen LogP contribution is -2.24. The lowest BCUT2D eigenvalue weighted by Gasteiger charge is -2.26. The van der Waals surface area contributed by atoms with Gasteiger partial charge in [0.2, 0.25) is 0 Å². The minimum Gasteiger partial charge on any atom is -0.457 e. The number of para-hydroxylation sites is 7. The van der Waals surface area contributed by atoms with E-state index in [-0.39, 0.29) is 10.8 Å². The Labute approximate surface area is 483 Å². The number of ether oxygens (including phenoxy) is 1. The maximum Gasteiger partial charge on any atom is 0.137 e. The Hall–Kier alpha value is -9.92. The van der Waals surface area contributed by atoms with Crippen molar-refractivity contribution >= 4 is 82.5 Å². The molecule has 15 rings (SSSR count). The van der Waals surface area contributed by atoms with E-state index in [0.29, 0.717) is 6.67 Å². The molecule has 9 aromatic carbocycles. The standard InChI is InChI=1S/C75H63N7O/c1-47-38-72(76-45-59(47)73-67(80-60-27-14-9-22-53(60)54-23-10-15-28-61(54)80)34-21-35-68(73)81-62-29-16-11-24-55(62)56-25-12-17-30-63(56)81)82-64-31-18-13-26-57(64)58-37-36-51(44-69(58)82)83-52-40-48(49-41-70(74(2,3)4)77-71(42-49)75(5,6)7)39-50(43-52)79-46-78(8)65-32-19-20-33-66(65)79/h9-45H,46H2,1-8H3. The SMILES string of the molecule is Cc1cc(-n2c3ccccc3c3ccc(Oc4cc(-c5cc(C(C)(C)C)nc(C(C)(C)C)c5)cc(N5CN(C)c6ccccc65)c4)cc32)ncc1-c1c(-n2c3ccccc3c3ccccc32)cccc1-n1c2ccccc2c2ccccc21. The largest absolute Gasteiger partial charge is 0.457 e. The molecule has 0 fully saturated rings. The van der Waals surface area contributed by atoms with Gasteiger partial charge in [-0.1, -0.05) is 151 Å². The van der Waals surface area contributed by atoms with E-state index >= 15 is 0 Å². The normalized spacial score (nSPS) is 13.0. The van der Waals surface area contributed by atoms with Crippen LogP contribution in [0, 0.1) is 6.92 Å². The molecule has 0 saturated heterocycles. The van der Waals surface area contributed by atoms with Gasteiger partial charge >= 0.3 is 0 Å². The summed E-state index contributed by atoms with van der Waals surface area (Å²) in [5.41, 5.74) is 19.5. The summed E-state index contributed by atoms with van der Waals surface area (Å²) in [5.74, 6) is 2.30. The smallest absolute Gasteiger partial charge is 0.137 e. The van der Waals surface area contributed by atoms with Gasteiger partial charge in [0.1, 0.15) is 17.3 Å². The fraction of sp³-hybridized carbons (Fsp3) is 0.147. The molecule has 8 heteroatoms. The Bertz CT molecular complexity index is 4670. The van der Waals surface area contributed by atoms with Gasteiger partial charge in [0.05, 0.1) is 62.5 Å². The highest BCUT2D eigenvalue weighted by Crippen LogP contribution is 2.46. The second-order valence-corrected chi connectivity index (χ2v) is 24.5. The van der Waals surface area contributed by atoms with Crippen molar-refractivity contribution in [1.29, 1.82) is 0 Å². The number of rotatable bonds is 8. The number of benzene rings is 9. The molecule has 1 aliphatic heterocycles. The molecule has 83 heavy (non-hydrogen) atoms. The van der Waals surface area contributed by atoms with E-state index in [1.54, 1.807) is 0 Å². The zero-order valence-corrected chi connectivity index (χ0v) is 48.1. The van der Waals surface area contributed by atoms with Crippen molar-refractivity contribution < 1.29 is 4.74 Å². The fourth-order valence-corrected chi connectivity index (χ4v) is 12.9. The van der Waals surface area contributed by atoms with Crippen LogP contribution in [0.4, 0.5) is 17.1 Å². The maximum absolute atomic E-state index is 7.17. The molecule has 0 N–H and O–H groups in total. The molecule has 0 unspecified atom stereocenters. The summed E-state index contributed by atoms with van der Waals surface area (Å²) < 4.78 is 14.4. The summed E-state index contributed by atoms with van der Waals surface area (Å²) in [5, 5.41) is 7.13. The minimum atomic E-state index is -0.153. The van der Waals surface area contributed by atoms with Gasteiger partial charge < -0.3 is 23.7 Å². The van der Waals surface area contributed by atoms with Gasteiger partial charge in [0, 0.05) is 96.7 Å². The number of nitrogens with zero attached hydrogens (tertiary/aromatic N) is 7. The van der Waals surface area contributed by atoms with Crippen molar-refractivity contribution in [2.75, 3.05) is 23.5 Å². The maximum atomic E-state index is 7.17. The molecule has 0 radical (unpaired) electrons. The van der Waals surface area contributed by atoms with Crippen LogP contribution in [-0.2, 0) is 10.8 Å². The average molecular weight is 1080 g/mol. The Balaban J connectivity index is 0.901. The summed E-state index contributed by atoms with van der Waals surface area (Å²) in [6.45, 7) is 16.4. The second kappa shape index (κ2) is 18.8. The second-order valence-electron chi connectivity index (χ2n) is 24.5. The molecule has 6 heterocycles. The highest BCUT2D eigenvalue weighted by molar-refractivity contribution is 6.13. The third-order valence-electron chi connectivity index (χ3n) is 17.0. The topological polar surface area (TPSA) is 56.3 Å². The van der Waals surface area contributed by atoms with E-state index in [9.17, 15) is 0 Å². The molecule has 8 nitrogen and oxygen atoms in total. The van der Waals surface area contributed by atoms with E-state index < -0.39 is 0 Å². The lowest BCUT2D eigenvalue weighted by molar-refractivity contribution is 0.483. The van der Waals surface area contributed by atoms with Crippen molar-refractivity contribution in [3.63, 3.8) is 0 Å². The van der Waals surface area contributed by atoms with Crippen LogP contribution in [0.25, 0.3) is 105 Å². The van der Waals surface area contributed by atoms with Gasteiger partial charge in [-0.3, -0.25) is 9.55 Å². The van der Waals surface area contributed by atoms with Crippen molar-refractivity contribution in [2.45, 2.75) is 59.3 Å². The third-order valence-corrected chi connectivity index (χ3v) is 17.0. The number of aryl methyl sites for hydroxylation is 1. The first-order chi connectivity index (χ1) is 40.2. The van der Waals surface area contributed by atoms with E-state index in [4.69, 9.17) is 14.7 Å². The van der Waals surface area contributed by atoms with Crippen molar-refractivity contribution in [2.24, 2.45) is 0 Å². The van der Waals surface area contributed by atoms with Crippen LogP contribution in [0.1, 0.15) is 58.5 Å². The Morgan fingerprint density at radius 1 is 0.410 bits per heavy atom. The van der Waals surface area contributed by atoms with Crippen LogP contribution >= 0.6 is 0 Å². The summed E-state index contributed by atoms with van der Waals surface area (Å²) in [4.78, 5) is 15.5. The summed E-state index contributed by atoms with van der Waals surface area (Å²) in [6, 6.07) is 79.1. The number of pyridine rings is 2. The van der Waals surface area contributed by atoms with Crippen LogP contribution in [-0.4, -0.2) is 37.4 Å². The monoisotopic (exact) mass is 1080 g/mol. The number of fused-ring (bicyclic) bond motifs is 10. The van der Waals surface area contributed by atoms with Crippen molar-refractivity contribution in [3.8, 4) is 50.9 Å². The van der Waals surface area contributed by atoms with Gasteiger partial charge in [0.15, 0.2) is 0 Å². The molecule has 0 spiro atoms. The van der Waals surface area contributed by atoms with Gasteiger partial charge in [-0.25, -0.2) is 4.98 Å². The van der Waals surface area contributed by atoms with Crippen LogP contribution in [0.3, 0.4) is 0 Å². The number of hydrogen-bond donors (Lipinski definition) is 0. The highest BCUT2D eigenvalue weighted by atomic mass is 16.5. The third kappa shape index (κ3) is 8.18. The Morgan fingerprint density at radius 2 is 0.867 bits per heavy atom. The quantitative estimate of drug-likeness (QED) is 0.152. The van der Waals surface area contributed by atoms with Crippen LogP contribution in [0.5, 0.6) is 11.5 Å². The van der Waals surface area contributed by atoms with Gasteiger partial charge in [0.25, 0.3) is 0 Å². The van der Waals surface area contributed by atoms with Gasteiger partial charge in [-0.15, -0.1) is 0 Å². The first kappa shape index (κ1) is 50.1. The average Bonchev–Trinajstić information content (AvgIpc) is 3.06. The fourth-order valence-electron chi connectivity index (χ4n) is 12.9. The van der Waals surface area contributed by atoms with Crippen molar-refractivity contribution in [3.05, 3.63) is 242 Å². The summed E-state index contributed by atoms with van der Waals surface area (Å²) >= 11 is 0.